The topological polar surface area (TPSA) is 52.3 Å². The van der Waals surface area contributed by atoms with E-state index in [9.17, 15) is 0 Å². The molecular weight excluding hydrogens is 296 g/mol. The van der Waals surface area contributed by atoms with Gasteiger partial charge in [-0.25, -0.2) is 0 Å². The van der Waals surface area contributed by atoms with Crippen molar-refractivity contribution in [1.82, 2.24) is 19.8 Å². The summed E-state index contributed by atoms with van der Waals surface area (Å²) in [5, 5.41) is 13.9. The smallest absolute Gasteiger partial charge is 0.234 e. The second-order valence-corrected chi connectivity index (χ2v) is 6.57. The third-order valence-electron chi connectivity index (χ3n) is 3.40. The summed E-state index contributed by atoms with van der Waals surface area (Å²) in [6.45, 7) is 8.29. The van der Waals surface area contributed by atoms with Crippen LogP contribution in [0.15, 0.2) is 18.2 Å². The number of fused-ring (bicyclic) bond motifs is 1. The second-order valence-electron chi connectivity index (χ2n) is 5.58. The zero-order valence-corrected chi connectivity index (χ0v) is 14.1. The molecule has 1 atom stereocenters. The molecule has 0 aliphatic heterocycles. The molecule has 0 amide bonds. The van der Waals surface area contributed by atoms with E-state index in [1.54, 1.807) is 0 Å². The molecule has 116 valence electrons. The number of aryl methyl sites for hydroxylation is 3. The number of rotatable bonds is 5. The molecule has 6 heteroatoms. The van der Waals surface area contributed by atoms with Gasteiger partial charge in [-0.1, -0.05) is 24.3 Å². The fourth-order valence-electron chi connectivity index (χ4n) is 2.47. The molecule has 0 unspecified atom stereocenters. The predicted molar refractivity (Wildman–Crippen MR) is 87.6 cm³/mol. The monoisotopic (exact) mass is 316 g/mol. The largest absolute Gasteiger partial charge is 0.483 e. The summed E-state index contributed by atoms with van der Waals surface area (Å²) in [5.74, 6) is 1.79. The van der Waals surface area contributed by atoms with E-state index in [-0.39, 0.29) is 6.10 Å². The van der Waals surface area contributed by atoms with E-state index in [2.05, 4.69) is 42.1 Å². The minimum Gasteiger partial charge on any atom is -0.483 e. The van der Waals surface area contributed by atoms with Gasteiger partial charge >= 0.3 is 0 Å². The Hall–Kier alpha value is -1.95. The highest BCUT2D eigenvalue weighted by Gasteiger charge is 2.17. The van der Waals surface area contributed by atoms with Crippen molar-refractivity contribution in [3.8, 4) is 5.75 Å². The van der Waals surface area contributed by atoms with Gasteiger partial charge in [-0.05, 0) is 50.5 Å². The molecule has 0 saturated carbocycles. The highest BCUT2D eigenvalue weighted by Crippen LogP contribution is 2.27. The first-order chi connectivity index (χ1) is 10.6. The maximum atomic E-state index is 6.05. The van der Waals surface area contributed by atoms with Crippen LogP contribution in [-0.2, 0) is 6.42 Å². The molecule has 0 N–H and O–H groups in total. The first-order valence-corrected chi connectivity index (χ1v) is 8.34. The van der Waals surface area contributed by atoms with Crippen LogP contribution in [0.1, 0.15) is 48.3 Å². The average Bonchev–Trinajstić information content (AvgIpc) is 3.00. The Morgan fingerprint density at radius 3 is 2.59 bits per heavy atom. The van der Waals surface area contributed by atoms with Gasteiger partial charge in [0.05, 0.1) is 0 Å². The lowest BCUT2D eigenvalue weighted by molar-refractivity contribution is 0.224. The maximum Gasteiger partial charge on any atom is 0.234 e. The van der Waals surface area contributed by atoms with E-state index in [4.69, 9.17) is 4.74 Å². The molecule has 1 aromatic carbocycles. The Labute approximate surface area is 134 Å². The third kappa shape index (κ3) is 2.97. The van der Waals surface area contributed by atoms with Crippen molar-refractivity contribution in [2.75, 3.05) is 0 Å². The molecule has 3 aromatic rings. The summed E-state index contributed by atoms with van der Waals surface area (Å²) in [6.07, 6.45) is 1.81. The number of hydrogen-bond acceptors (Lipinski definition) is 5. The number of nitrogens with zero attached hydrogens (tertiary/aromatic N) is 4. The molecule has 0 spiro atoms. The summed E-state index contributed by atoms with van der Waals surface area (Å²) in [7, 11) is 0. The average molecular weight is 316 g/mol. The fraction of sp³-hybridized carbons (Fsp3) is 0.438. The third-order valence-corrected chi connectivity index (χ3v) is 4.46. The van der Waals surface area contributed by atoms with Gasteiger partial charge in [0.1, 0.15) is 11.9 Å². The van der Waals surface area contributed by atoms with Gasteiger partial charge in [-0.3, -0.25) is 0 Å². The summed E-state index contributed by atoms with van der Waals surface area (Å²) >= 11 is 1.53. The Bertz CT molecular complexity index is 772. The van der Waals surface area contributed by atoms with Crippen LogP contribution in [0.25, 0.3) is 4.96 Å². The lowest BCUT2D eigenvalue weighted by atomic mass is 10.1. The van der Waals surface area contributed by atoms with Crippen LogP contribution in [0.5, 0.6) is 5.75 Å². The van der Waals surface area contributed by atoms with E-state index < -0.39 is 0 Å². The normalized spacial score (nSPS) is 12.7. The van der Waals surface area contributed by atoms with Crippen molar-refractivity contribution in [2.24, 2.45) is 0 Å². The van der Waals surface area contributed by atoms with Gasteiger partial charge in [0, 0.05) is 6.42 Å². The van der Waals surface area contributed by atoms with Gasteiger partial charge in [0.25, 0.3) is 0 Å². The first-order valence-electron chi connectivity index (χ1n) is 7.52. The van der Waals surface area contributed by atoms with Crippen molar-refractivity contribution in [1.29, 1.82) is 0 Å². The minimum atomic E-state index is -0.109. The second kappa shape index (κ2) is 6.04. The predicted octanol–water partition coefficient (Wildman–Crippen LogP) is 3.90. The van der Waals surface area contributed by atoms with E-state index in [0.717, 1.165) is 34.4 Å². The zero-order valence-electron chi connectivity index (χ0n) is 13.3. The lowest BCUT2D eigenvalue weighted by Gasteiger charge is -2.13. The molecule has 0 aliphatic rings. The molecule has 3 rings (SSSR count). The molecule has 5 nitrogen and oxygen atoms in total. The van der Waals surface area contributed by atoms with E-state index in [1.165, 1.54) is 22.5 Å². The Kier molecular flexibility index (Phi) is 4.11. The van der Waals surface area contributed by atoms with Crippen LogP contribution in [0, 0.1) is 13.8 Å². The van der Waals surface area contributed by atoms with Crippen LogP contribution in [0.2, 0.25) is 0 Å². The SMILES string of the molecule is CCCc1nnc2sc([C@@H](C)Oc3cc(C)cc(C)c3)nn12. The van der Waals surface area contributed by atoms with Crippen LogP contribution < -0.4 is 4.74 Å². The maximum absolute atomic E-state index is 6.05. The van der Waals surface area contributed by atoms with E-state index in [1.807, 2.05) is 23.6 Å². The molecule has 22 heavy (non-hydrogen) atoms. The van der Waals surface area contributed by atoms with Crippen LogP contribution in [0.3, 0.4) is 0 Å². The van der Waals surface area contributed by atoms with Crippen molar-refractivity contribution in [2.45, 2.75) is 46.6 Å². The van der Waals surface area contributed by atoms with Crippen LogP contribution in [-0.4, -0.2) is 19.8 Å². The molecule has 0 fully saturated rings. The van der Waals surface area contributed by atoms with Gasteiger partial charge < -0.3 is 4.74 Å². The summed E-state index contributed by atoms with van der Waals surface area (Å²) in [4.78, 5) is 0.828. The molecule has 0 radical (unpaired) electrons. The molecule has 2 aromatic heterocycles. The van der Waals surface area contributed by atoms with Gasteiger partial charge in [0.2, 0.25) is 4.96 Å². The summed E-state index contributed by atoms with van der Waals surface area (Å²) in [6, 6.07) is 6.23. The Morgan fingerprint density at radius 1 is 1.18 bits per heavy atom. The number of benzene rings is 1. The quantitative estimate of drug-likeness (QED) is 0.716. The number of ether oxygens (including phenoxy) is 1. The summed E-state index contributed by atoms with van der Waals surface area (Å²) in [5.41, 5.74) is 2.40. The van der Waals surface area contributed by atoms with Gasteiger partial charge in [-0.15, -0.1) is 10.2 Å². The van der Waals surface area contributed by atoms with Crippen molar-refractivity contribution in [3.05, 3.63) is 40.2 Å². The standard InChI is InChI=1S/C16H20N4OS/c1-5-6-14-17-18-16-20(14)19-15(22-16)12(4)21-13-8-10(2)7-11(3)9-13/h7-9,12H,5-6H2,1-4H3/t12-/m1/s1. The van der Waals surface area contributed by atoms with E-state index in [0.29, 0.717) is 0 Å². The minimum absolute atomic E-state index is 0.109. The van der Waals surface area contributed by atoms with Gasteiger partial charge in [0.15, 0.2) is 10.8 Å². The Morgan fingerprint density at radius 2 is 1.91 bits per heavy atom. The van der Waals surface area contributed by atoms with Crippen LogP contribution >= 0.6 is 11.3 Å². The van der Waals surface area contributed by atoms with E-state index >= 15 is 0 Å². The van der Waals surface area contributed by atoms with Crippen LogP contribution in [0.4, 0.5) is 0 Å². The summed E-state index contributed by atoms with van der Waals surface area (Å²) < 4.78 is 7.89. The zero-order chi connectivity index (χ0) is 15.7. The molecule has 0 bridgehead atoms. The fourth-order valence-corrected chi connectivity index (χ4v) is 3.31. The van der Waals surface area contributed by atoms with Crippen molar-refractivity contribution < 1.29 is 4.74 Å². The molecule has 2 heterocycles. The highest BCUT2D eigenvalue weighted by atomic mass is 32.1. The Balaban J connectivity index is 1.83. The lowest BCUT2D eigenvalue weighted by Crippen LogP contribution is -2.05. The molecular formula is C16H20N4OS. The van der Waals surface area contributed by atoms with Crippen molar-refractivity contribution >= 4 is 16.3 Å². The first kappa shape index (κ1) is 15.0. The van der Waals surface area contributed by atoms with Gasteiger partial charge in [-0.2, -0.15) is 9.61 Å². The molecule has 0 aliphatic carbocycles. The van der Waals surface area contributed by atoms with Crippen molar-refractivity contribution in [3.63, 3.8) is 0 Å². The number of aromatic nitrogens is 4. The number of hydrogen-bond donors (Lipinski definition) is 0. The highest BCUT2D eigenvalue weighted by molar-refractivity contribution is 7.16. The molecule has 0 saturated heterocycles.